The molecule has 6 heteroatoms. The molecule has 4 rings (SSSR count). The average Bonchev–Trinajstić information content (AvgIpc) is 2.98. The van der Waals surface area contributed by atoms with Gasteiger partial charge in [0.25, 0.3) is 5.91 Å². The van der Waals surface area contributed by atoms with Gasteiger partial charge in [-0.1, -0.05) is 17.7 Å². The molecule has 0 saturated carbocycles. The van der Waals surface area contributed by atoms with Crippen molar-refractivity contribution in [3.05, 3.63) is 59.4 Å². The first-order chi connectivity index (χ1) is 13.1. The Bertz CT molecular complexity index is 956. The fraction of sp³-hybridized carbons (Fsp3) is 0.333. The van der Waals surface area contributed by atoms with Crippen LogP contribution in [-0.4, -0.2) is 46.7 Å². The third-order valence-corrected chi connectivity index (χ3v) is 5.01. The smallest absolute Gasteiger partial charge is 0.255 e. The van der Waals surface area contributed by atoms with Gasteiger partial charge >= 0.3 is 0 Å². The lowest BCUT2D eigenvalue weighted by molar-refractivity contribution is 0.0328. The highest BCUT2D eigenvalue weighted by molar-refractivity contribution is 6.05. The monoisotopic (exact) mass is 364 g/mol. The van der Waals surface area contributed by atoms with E-state index in [0.717, 1.165) is 61.0 Å². The van der Waals surface area contributed by atoms with Gasteiger partial charge in [0, 0.05) is 31.4 Å². The molecule has 3 aromatic rings. The summed E-state index contributed by atoms with van der Waals surface area (Å²) in [6.07, 6.45) is 0. The summed E-state index contributed by atoms with van der Waals surface area (Å²) in [6, 6.07) is 13.4. The molecule has 140 valence electrons. The van der Waals surface area contributed by atoms with E-state index in [9.17, 15) is 4.79 Å². The number of carbonyl (C=O) groups excluding carboxylic acids is 1. The molecule has 0 radical (unpaired) electrons. The van der Waals surface area contributed by atoms with Gasteiger partial charge in [-0.15, -0.1) is 0 Å². The minimum atomic E-state index is -0.112. The van der Waals surface area contributed by atoms with E-state index in [-0.39, 0.29) is 5.91 Å². The van der Waals surface area contributed by atoms with E-state index in [2.05, 4.69) is 14.8 Å². The summed E-state index contributed by atoms with van der Waals surface area (Å²) in [5, 5.41) is 2.96. The van der Waals surface area contributed by atoms with Crippen LogP contribution in [0.2, 0.25) is 0 Å². The van der Waals surface area contributed by atoms with Gasteiger partial charge in [0.1, 0.15) is 5.82 Å². The Kier molecular flexibility index (Phi) is 4.92. The normalized spacial score (nSPS) is 15.2. The Balaban J connectivity index is 1.53. The van der Waals surface area contributed by atoms with Crippen LogP contribution < -0.4 is 5.32 Å². The number of ether oxygens (including phenoxy) is 1. The van der Waals surface area contributed by atoms with Crippen LogP contribution in [0.5, 0.6) is 0 Å². The molecule has 0 bridgehead atoms. The standard InChI is InChI=1S/C21H24N4O2/c1-15-3-5-16(6-4-15)21(26)22-17-7-8-19-18(13-17)23-20(24(19)2)14-25-9-11-27-12-10-25/h3-8,13H,9-12,14H2,1-2H3,(H,22,26). The van der Waals surface area contributed by atoms with E-state index in [1.807, 2.05) is 56.4 Å². The number of fused-ring (bicyclic) bond motifs is 1. The highest BCUT2D eigenvalue weighted by Gasteiger charge is 2.15. The Morgan fingerprint density at radius 1 is 1.15 bits per heavy atom. The summed E-state index contributed by atoms with van der Waals surface area (Å²) < 4.78 is 7.53. The maximum Gasteiger partial charge on any atom is 0.255 e. The molecule has 2 aromatic carbocycles. The molecule has 1 N–H and O–H groups in total. The van der Waals surface area contributed by atoms with Gasteiger partial charge in [-0.25, -0.2) is 4.98 Å². The lowest BCUT2D eigenvalue weighted by Gasteiger charge is -2.26. The number of aromatic nitrogens is 2. The topological polar surface area (TPSA) is 59.4 Å². The van der Waals surface area contributed by atoms with Crippen molar-refractivity contribution in [3.8, 4) is 0 Å². The minimum Gasteiger partial charge on any atom is -0.379 e. The van der Waals surface area contributed by atoms with Crippen LogP contribution in [0.3, 0.4) is 0 Å². The SMILES string of the molecule is Cc1ccc(C(=O)Nc2ccc3c(c2)nc(CN2CCOCC2)n3C)cc1. The van der Waals surface area contributed by atoms with Gasteiger partial charge in [0.15, 0.2) is 0 Å². The van der Waals surface area contributed by atoms with E-state index < -0.39 is 0 Å². The number of morpholine rings is 1. The van der Waals surface area contributed by atoms with Crippen LogP contribution in [0, 0.1) is 6.92 Å². The number of nitrogens with zero attached hydrogens (tertiary/aromatic N) is 3. The van der Waals surface area contributed by atoms with E-state index in [1.165, 1.54) is 0 Å². The van der Waals surface area contributed by atoms with Crippen LogP contribution in [-0.2, 0) is 18.3 Å². The van der Waals surface area contributed by atoms with Crippen LogP contribution in [0.15, 0.2) is 42.5 Å². The Morgan fingerprint density at radius 2 is 1.89 bits per heavy atom. The van der Waals surface area contributed by atoms with Crippen molar-refractivity contribution >= 4 is 22.6 Å². The molecule has 27 heavy (non-hydrogen) atoms. The van der Waals surface area contributed by atoms with Gasteiger partial charge < -0.3 is 14.6 Å². The van der Waals surface area contributed by atoms with Gasteiger partial charge in [-0.3, -0.25) is 9.69 Å². The Morgan fingerprint density at radius 3 is 2.63 bits per heavy atom. The van der Waals surface area contributed by atoms with Gasteiger partial charge in [-0.05, 0) is 37.3 Å². The Labute approximate surface area is 158 Å². The molecule has 0 atom stereocenters. The summed E-state index contributed by atoms with van der Waals surface area (Å²) >= 11 is 0. The number of carbonyl (C=O) groups is 1. The fourth-order valence-corrected chi connectivity index (χ4v) is 3.34. The molecule has 1 fully saturated rings. The number of benzene rings is 2. The van der Waals surface area contributed by atoms with E-state index in [0.29, 0.717) is 5.56 Å². The maximum absolute atomic E-state index is 12.4. The maximum atomic E-state index is 12.4. The second-order valence-electron chi connectivity index (χ2n) is 7.00. The highest BCUT2D eigenvalue weighted by Crippen LogP contribution is 2.21. The summed E-state index contributed by atoms with van der Waals surface area (Å²) in [7, 11) is 2.04. The average molecular weight is 364 g/mol. The van der Waals surface area contributed by atoms with Gasteiger partial charge in [0.05, 0.1) is 30.8 Å². The summed E-state index contributed by atoms with van der Waals surface area (Å²) in [5.41, 5.74) is 4.49. The quantitative estimate of drug-likeness (QED) is 0.773. The second kappa shape index (κ2) is 7.50. The molecule has 1 aromatic heterocycles. The van der Waals surface area contributed by atoms with E-state index in [1.54, 1.807) is 0 Å². The van der Waals surface area contributed by atoms with Crippen LogP contribution in [0.1, 0.15) is 21.7 Å². The number of nitrogens with one attached hydrogen (secondary N) is 1. The van der Waals surface area contributed by atoms with E-state index >= 15 is 0 Å². The van der Waals surface area contributed by atoms with Crippen molar-refractivity contribution in [3.63, 3.8) is 0 Å². The van der Waals surface area contributed by atoms with Crippen molar-refractivity contribution in [2.24, 2.45) is 7.05 Å². The van der Waals surface area contributed by atoms with Gasteiger partial charge in [0.2, 0.25) is 0 Å². The largest absolute Gasteiger partial charge is 0.379 e. The van der Waals surface area contributed by atoms with Crippen LogP contribution >= 0.6 is 0 Å². The molecule has 2 heterocycles. The van der Waals surface area contributed by atoms with Crippen LogP contribution in [0.25, 0.3) is 11.0 Å². The number of amides is 1. The van der Waals surface area contributed by atoms with Crippen molar-refractivity contribution in [1.29, 1.82) is 0 Å². The fourth-order valence-electron chi connectivity index (χ4n) is 3.34. The summed E-state index contributed by atoms with van der Waals surface area (Å²) in [5.74, 6) is 0.910. The molecule has 0 aliphatic carbocycles. The molecule has 1 aliphatic rings. The first kappa shape index (κ1) is 17.7. The van der Waals surface area contributed by atoms with Crippen molar-refractivity contribution in [2.45, 2.75) is 13.5 Å². The van der Waals surface area contributed by atoms with Crippen molar-refractivity contribution in [2.75, 3.05) is 31.6 Å². The van der Waals surface area contributed by atoms with Crippen molar-refractivity contribution < 1.29 is 9.53 Å². The predicted octanol–water partition coefficient (Wildman–Crippen LogP) is 2.97. The summed E-state index contributed by atoms with van der Waals surface area (Å²) in [4.78, 5) is 19.6. The van der Waals surface area contributed by atoms with Crippen molar-refractivity contribution in [1.82, 2.24) is 14.5 Å². The number of hydrogen-bond acceptors (Lipinski definition) is 4. The first-order valence-electron chi connectivity index (χ1n) is 9.23. The summed E-state index contributed by atoms with van der Waals surface area (Å²) in [6.45, 7) is 6.23. The second-order valence-corrected chi connectivity index (χ2v) is 7.00. The molecule has 0 unspecified atom stereocenters. The zero-order chi connectivity index (χ0) is 18.8. The molecule has 0 spiro atoms. The number of rotatable bonds is 4. The number of aryl methyl sites for hydroxylation is 2. The number of hydrogen-bond donors (Lipinski definition) is 1. The highest BCUT2D eigenvalue weighted by atomic mass is 16.5. The zero-order valence-electron chi connectivity index (χ0n) is 15.7. The predicted molar refractivity (Wildman–Crippen MR) is 106 cm³/mol. The molecular formula is C21H24N4O2. The molecule has 6 nitrogen and oxygen atoms in total. The molecule has 1 saturated heterocycles. The number of anilines is 1. The minimum absolute atomic E-state index is 0.112. The first-order valence-corrected chi connectivity index (χ1v) is 9.23. The zero-order valence-corrected chi connectivity index (χ0v) is 15.7. The molecular weight excluding hydrogens is 340 g/mol. The lowest BCUT2D eigenvalue weighted by Crippen LogP contribution is -2.36. The molecule has 1 amide bonds. The van der Waals surface area contributed by atoms with Gasteiger partial charge in [-0.2, -0.15) is 0 Å². The van der Waals surface area contributed by atoms with Crippen LogP contribution in [0.4, 0.5) is 5.69 Å². The third kappa shape index (κ3) is 3.86. The Hall–Kier alpha value is -2.70. The van der Waals surface area contributed by atoms with E-state index in [4.69, 9.17) is 9.72 Å². The lowest BCUT2D eigenvalue weighted by atomic mass is 10.1. The molecule has 1 aliphatic heterocycles. The number of imidazole rings is 1. The third-order valence-electron chi connectivity index (χ3n) is 5.01.